The average molecular weight is 285 g/mol. The number of rotatable bonds is 1. The summed E-state index contributed by atoms with van der Waals surface area (Å²) in [5.74, 6) is 0. The molecule has 0 fully saturated rings. The second kappa shape index (κ2) is 3.83. The first-order valence-electron chi connectivity index (χ1n) is 6.08. The van der Waals surface area contributed by atoms with Crippen LogP contribution in [0, 0.1) is 0 Å². The van der Waals surface area contributed by atoms with Crippen LogP contribution in [-0.4, -0.2) is 19.8 Å². The number of benzene rings is 1. The molecule has 1 atom stereocenters. The van der Waals surface area contributed by atoms with Crippen LogP contribution in [0.15, 0.2) is 46.9 Å². The highest BCUT2D eigenvalue weighted by Gasteiger charge is 2.40. The van der Waals surface area contributed by atoms with Gasteiger partial charge >= 0.3 is 0 Å². The van der Waals surface area contributed by atoms with Crippen molar-refractivity contribution in [3.63, 3.8) is 0 Å². The first-order valence-corrected chi connectivity index (χ1v) is 6.46. The molecule has 1 aliphatic heterocycles. The van der Waals surface area contributed by atoms with Crippen molar-refractivity contribution in [1.82, 2.24) is 19.8 Å². The van der Waals surface area contributed by atoms with Crippen molar-refractivity contribution in [2.75, 3.05) is 0 Å². The molecule has 0 amide bonds. The van der Waals surface area contributed by atoms with Crippen LogP contribution >= 0.6 is 11.6 Å². The molecule has 1 unspecified atom stereocenters. The van der Waals surface area contributed by atoms with E-state index < -0.39 is 5.54 Å². The number of aromatic nitrogens is 4. The van der Waals surface area contributed by atoms with E-state index in [1.807, 2.05) is 37.3 Å². The van der Waals surface area contributed by atoms with Gasteiger partial charge in [0.15, 0.2) is 10.8 Å². The van der Waals surface area contributed by atoms with Gasteiger partial charge in [0.05, 0.1) is 5.56 Å². The molecular weight excluding hydrogens is 276 g/mol. The number of hydrogen-bond donors (Lipinski definition) is 0. The van der Waals surface area contributed by atoms with Gasteiger partial charge in [-0.2, -0.15) is 19.8 Å². The fraction of sp³-hybridized carbons (Fsp3) is 0.154. The maximum atomic E-state index is 6.18. The van der Waals surface area contributed by atoms with E-state index in [4.69, 9.17) is 11.6 Å². The summed E-state index contributed by atoms with van der Waals surface area (Å²) in [7, 11) is 0. The predicted molar refractivity (Wildman–Crippen MR) is 73.2 cm³/mol. The van der Waals surface area contributed by atoms with Gasteiger partial charge in [0.2, 0.25) is 0 Å². The zero-order valence-corrected chi connectivity index (χ0v) is 11.3. The number of halogens is 1. The second-order valence-electron chi connectivity index (χ2n) is 4.75. The Hall–Kier alpha value is -2.34. The Morgan fingerprint density at radius 3 is 2.80 bits per heavy atom. The summed E-state index contributed by atoms with van der Waals surface area (Å²) in [6, 6.07) is 9.92. The molecule has 3 heterocycles. The minimum Gasteiger partial charge on any atom is -0.199 e. The van der Waals surface area contributed by atoms with Crippen molar-refractivity contribution in [3.05, 3.63) is 52.9 Å². The molecule has 7 heteroatoms. The normalized spacial score (nSPS) is 20.5. The van der Waals surface area contributed by atoms with Gasteiger partial charge < -0.3 is 0 Å². The van der Waals surface area contributed by atoms with Crippen LogP contribution in [-0.2, 0) is 5.54 Å². The monoisotopic (exact) mass is 284 g/mol. The summed E-state index contributed by atoms with van der Waals surface area (Å²) in [6.45, 7) is 1.99. The van der Waals surface area contributed by atoms with Crippen molar-refractivity contribution in [2.45, 2.75) is 12.5 Å². The first kappa shape index (κ1) is 11.5. The Bertz CT molecular complexity index is 841. The van der Waals surface area contributed by atoms with E-state index in [0.29, 0.717) is 16.5 Å². The van der Waals surface area contributed by atoms with E-state index >= 15 is 0 Å². The highest BCUT2D eigenvalue weighted by Crippen LogP contribution is 2.48. The second-order valence-corrected chi connectivity index (χ2v) is 5.11. The third-order valence-corrected chi connectivity index (χ3v) is 3.81. The van der Waals surface area contributed by atoms with Crippen LogP contribution in [0.3, 0.4) is 0 Å². The van der Waals surface area contributed by atoms with Crippen LogP contribution in [0.5, 0.6) is 0 Å². The molecule has 98 valence electrons. The van der Waals surface area contributed by atoms with Crippen molar-refractivity contribution >= 4 is 22.9 Å². The van der Waals surface area contributed by atoms with Gasteiger partial charge in [-0.25, -0.2) is 0 Å². The molecule has 0 aliphatic carbocycles. The SMILES string of the molecule is CC1(c2ccccc2)N=Nc2c(Cl)nn3cnnc3c21. The molecule has 1 aliphatic rings. The molecule has 0 spiro atoms. The number of hydrogen-bond acceptors (Lipinski definition) is 5. The van der Waals surface area contributed by atoms with Gasteiger partial charge in [-0.05, 0) is 12.5 Å². The molecule has 0 saturated carbocycles. The summed E-state index contributed by atoms with van der Waals surface area (Å²) >= 11 is 6.18. The van der Waals surface area contributed by atoms with E-state index in [0.717, 1.165) is 11.1 Å². The number of azo groups is 1. The lowest BCUT2D eigenvalue weighted by molar-refractivity contribution is 0.603. The Morgan fingerprint density at radius 2 is 2.00 bits per heavy atom. The average Bonchev–Trinajstić information content (AvgIpc) is 3.05. The molecule has 4 rings (SSSR count). The Balaban J connectivity index is 2.09. The van der Waals surface area contributed by atoms with Crippen LogP contribution < -0.4 is 0 Å². The summed E-state index contributed by atoms with van der Waals surface area (Å²) in [5.41, 5.74) is 2.42. The summed E-state index contributed by atoms with van der Waals surface area (Å²) in [4.78, 5) is 0. The topological polar surface area (TPSA) is 67.8 Å². The van der Waals surface area contributed by atoms with E-state index in [1.165, 1.54) is 6.33 Å². The largest absolute Gasteiger partial charge is 0.199 e. The first-order chi connectivity index (χ1) is 9.70. The molecule has 3 aromatic rings. The third kappa shape index (κ3) is 1.36. The number of nitrogens with zero attached hydrogens (tertiary/aromatic N) is 6. The zero-order valence-electron chi connectivity index (χ0n) is 10.5. The zero-order chi connectivity index (χ0) is 13.7. The maximum Gasteiger partial charge on any atom is 0.185 e. The lowest BCUT2D eigenvalue weighted by Gasteiger charge is -2.21. The molecule has 0 radical (unpaired) electrons. The van der Waals surface area contributed by atoms with Crippen LogP contribution in [0.2, 0.25) is 5.15 Å². The third-order valence-electron chi connectivity index (χ3n) is 3.55. The molecule has 1 aromatic carbocycles. The van der Waals surface area contributed by atoms with Gasteiger partial charge in [-0.15, -0.1) is 10.2 Å². The molecule has 6 nitrogen and oxygen atoms in total. The number of fused-ring (bicyclic) bond motifs is 3. The van der Waals surface area contributed by atoms with Gasteiger partial charge in [-0.3, -0.25) is 0 Å². The van der Waals surface area contributed by atoms with Crippen LogP contribution in [0.4, 0.5) is 5.69 Å². The fourth-order valence-electron chi connectivity index (χ4n) is 2.52. The Morgan fingerprint density at radius 1 is 1.20 bits per heavy atom. The van der Waals surface area contributed by atoms with Crippen molar-refractivity contribution < 1.29 is 0 Å². The molecule has 0 N–H and O–H groups in total. The Kier molecular flexibility index (Phi) is 2.20. The minimum absolute atomic E-state index is 0.302. The van der Waals surface area contributed by atoms with E-state index in [-0.39, 0.29) is 0 Å². The molecule has 0 bridgehead atoms. The summed E-state index contributed by atoms with van der Waals surface area (Å²) in [6.07, 6.45) is 1.52. The molecule has 2 aromatic heterocycles. The lowest BCUT2D eigenvalue weighted by Crippen LogP contribution is -2.19. The smallest absolute Gasteiger partial charge is 0.185 e. The summed E-state index contributed by atoms with van der Waals surface area (Å²) < 4.78 is 1.55. The molecular formula is C13H9ClN6. The Labute approximate surface area is 119 Å². The van der Waals surface area contributed by atoms with Crippen molar-refractivity contribution in [2.24, 2.45) is 10.2 Å². The maximum absolute atomic E-state index is 6.18. The highest BCUT2D eigenvalue weighted by atomic mass is 35.5. The van der Waals surface area contributed by atoms with E-state index in [2.05, 4.69) is 25.5 Å². The van der Waals surface area contributed by atoms with E-state index in [9.17, 15) is 0 Å². The molecule has 0 saturated heterocycles. The standard InChI is InChI=1S/C13H9ClN6/c1-13(8-5-3-2-4-6-8)9-10(16-19-13)11(14)18-20-7-15-17-12(9)20/h2-7H,1H3. The lowest BCUT2D eigenvalue weighted by atomic mass is 9.86. The quantitative estimate of drug-likeness (QED) is 0.689. The van der Waals surface area contributed by atoms with Gasteiger partial charge in [0.1, 0.15) is 17.6 Å². The van der Waals surface area contributed by atoms with Crippen LogP contribution in [0.25, 0.3) is 5.65 Å². The van der Waals surface area contributed by atoms with E-state index in [1.54, 1.807) is 4.52 Å². The summed E-state index contributed by atoms with van der Waals surface area (Å²) in [5, 5.41) is 21.1. The van der Waals surface area contributed by atoms with Crippen molar-refractivity contribution in [3.8, 4) is 0 Å². The predicted octanol–water partition coefficient (Wildman–Crippen LogP) is 3.14. The van der Waals surface area contributed by atoms with Gasteiger partial charge in [0, 0.05) is 0 Å². The fourth-order valence-corrected chi connectivity index (χ4v) is 2.74. The van der Waals surface area contributed by atoms with Crippen LogP contribution in [0.1, 0.15) is 18.1 Å². The minimum atomic E-state index is -0.628. The highest BCUT2D eigenvalue weighted by molar-refractivity contribution is 6.32. The van der Waals surface area contributed by atoms with Gasteiger partial charge in [-0.1, -0.05) is 41.9 Å². The van der Waals surface area contributed by atoms with Crippen molar-refractivity contribution in [1.29, 1.82) is 0 Å². The molecule has 20 heavy (non-hydrogen) atoms. The van der Waals surface area contributed by atoms with Gasteiger partial charge in [0.25, 0.3) is 0 Å².